The van der Waals surface area contributed by atoms with Crippen LogP contribution in [0.3, 0.4) is 0 Å². The molecular weight excluding hydrogens is 336 g/mol. The van der Waals surface area contributed by atoms with E-state index in [4.69, 9.17) is 0 Å². The van der Waals surface area contributed by atoms with E-state index in [1.807, 2.05) is 6.07 Å². The van der Waals surface area contributed by atoms with Crippen molar-refractivity contribution >= 4 is 21.6 Å². The van der Waals surface area contributed by atoms with Gasteiger partial charge >= 0.3 is 0 Å². The predicted octanol–water partition coefficient (Wildman–Crippen LogP) is 3.36. The van der Waals surface area contributed by atoms with Crippen molar-refractivity contribution in [3.8, 4) is 0 Å². The topological polar surface area (TPSA) is 66.5 Å². The number of carbonyl (C=O) groups excluding carboxylic acids is 1. The average Bonchev–Trinajstić information content (AvgIpc) is 3.45. The Morgan fingerprint density at radius 2 is 1.68 bits per heavy atom. The van der Waals surface area contributed by atoms with Crippen molar-refractivity contribution in [3.05, 3.63) is 60.2 Å². The van der Waals surface area contributed by atoms with Crippen molar-refractivity contribution in [1.82, 2.24) is 4.90 Å². The van der Waals surface area contributed by atoms with Crippen LogP contribution in [0.25, 0.3) is 0 Å². The molecule has 1 fully saturated rings. The number of para-hydroxylation sites is 1. The average molecular weight is 358 g/mol. The maximum absolute atomic E-state index is 12.5. The number of benzene rings is 2. The van der Waals surface area contributed by atoms with Crippen molar-refractivity contribution in [2.24, 2.45) is 5.92 Å². The van der Waals surface area contributed by atoms with E-state index >= 15 is 0 Å². The van der Waals surface area contributed by atoms with E-state index in [1.54, 1.807) is 48.3 Å². The van der Waals surface area contributed by atoms with Gasteiger partial charge in [-0.25, -0.2) is 8.42 Å². The lowest BCUT2D eigenvalue weighted by Gasteiger charge is -2.25. The number of nitrogens with one attached hydrogen (secondary N) is 1. The quantitative estimate of drug-likeness (QED) is 0.861. The molecule has 6 heteroatoms. The number of rotatable bonds is 6. The monoisotopic (exact) mass is 358 g/mol. The van der Waals surface area contributed by atoms with E-state index in [-0.39, 0.29) is 16.8 Å². The lowest BCUT2D eigenvalue weighted by molar-refractivity contribution is 0.0727. The van der Waals surface area contributed by atoms with Crippen molar-refractivity contribution in [3.63, 3.8) is 0 Å². The molecule has 3 rings (SSSR count). The molecule has 1 unspecified atom stereocenters. The van der Waals surface area contributed by atoms with E-state index in [0.717, 1.165) is 0 Å². The van der Waals surface area contributed by atoms with Gasteiger partial charge in [0, 0.05) is 24.3 Å². The smallest absolute Gasteiger partial charge is 0.261 e. The van der Waals surface area contributed by atoms with Crippen molar-refractivity contribution in [2.75, 3.05) is 11.8 Å². The van der Waals surface area contributed by atoms with Gasteiger partial charge in [0.25, 0.3) is 15.9 Å². The van der Waals surface area contributed by atoms with Crippen LogP contribution in [0.15, 0.2) is 59.5 Å². The summed E-state index contributed by atoms with van der Waals surface area (Å²) in [7, 11) is -1.87. The molecule has 1 saturated carbocycles. The standard InChI is InChI=1S/C19H22N2O3S/c1-14(15-8-9-15)21(2)19(22)16-10-12-18(13-11-16)25(23,24)20-17-6-4-3-5-7-17/h3-7,10-15,20H,8-9H2,1-2H3. The summed E-state index contributed by atoms with van der Waals surface area (Å²) in [5.41, 5.74) is 0.995. The molecular formula is C19H22N2O3S. The van der Waals surface area contributed by atoms with Gasteiger partial charge in [0.1, 0.15) is 0 Å². The molecule has 2 aromatic rings. The lowest BCUT2D eigenvalue weighted by Crippen LogP contribution is -2.36. The minimum Gasteiger partial charge on any atom is -0.339 e. The number of nitrogens with zero attached hydrogens (tertiary/aromatic N) is 1. The molecule has 132 valence electrons. The van der Waals surface area contributed by atoms with Crippen LogP contribution in [-0.2, 0) is 10.0 Å². The Hall–Kier alpha value is -2.34. The predicted molar refractivity (Wildman–Crippen MR) is 98.0 cm³/mol. The van der Waals surface area contributed by atoms with Crippen LogP contribution in [0.1, 0.15) is 30.1 Å². The third kappa shape index (κ3) is 4.02. The van der Waals surface area contributed by atoms with Gasteiger partial charge in [0.05, 0.1) is 4.90 Å². The molecule has 5 nitrogen and oxygen atoms in total. The zero-order chi connectivity index (χ0) is 18.0. The Morgan fingerprint density at radius 1 is 1.08 bits per heavy atom. The zero-order valence-electron chi connectivity index (χ0n) is 14.3. The summed E-state index contributed by atoms with van der Waals surface area (Å²) < 4.78 is 27.4. The van der Waals surface area contributed by atoms with Crippen LogP contribution in [0.5, 0.6) is 0 Å². The number of sulfonamides is 1. The van der Waals surface area contributed by atoms with E-state index < -0.39 is 10.0 Å². The number of hydrogen-bond acceptors (Lipinski definition) is 3. The van der Waals surface area contributed by atoms with Crippen LogP contribution in [0, 0.1) is 5.92 Å². The molecule has 0 radical (unpaired) electrons. The van der Waals surface area contributed by atoms with Gasteiger partial charge in [0.15, 0.2) is 0 Å². The maximum atomic E-state index is 12.5. The fourth-order valence-corrected chi connectivity index (χ4v) is 3.84. The summed E-state index contributed by atoms with van der Waals surface area (Å²) in [6.07, 6.45) is 2.34. The Balaban J connectivity index is 1.74. The third-order valence-corrected chi connectivity index (χ3v) is 6.07. The van der Waals surface area contributed by atoms with Gasteiger partial charge in [-0.05, 0) is 62.1 Å². The summed E-state index contributed by atoms with van der Waals surface area (Å²) in [5.74, 6) is 0.503. The van der Waals surface area contributed by atoms with E-state index in [9.17, 15) is 13.2 Å². The summed E-state index contributed by atoms with van der Waals surface area (Å²) in [4.78, 5) is 14.4. The Bertz CT molecular complexity index is 844. The molecule has 25 heavy (non-hydrogen) atoms. The molecule has 0 aromatic heterocycles. The van der Waals surface area contributed by atoms with Crippen LogP contribution in [-0.4, -0.2) is 32.3 Å². The second kappa shape index (κ2) is 6.88. The number of carbonyl (C=O) groups is 1. The minimum absolute atomic E-state index is 0.0839. The normalized spacial score (nSPS) is 15.4. The van der Waals surface area contributed by atoms with Gasteiger partial charge in [0.2, 0.25) is 0 Å². The highest BCUT2D eigenvalue weighted by Gasteiger charge is 2.32. The van der Waals surface area contributed by atoms with Crippen molar-refractivity contribution < 1.29 is 13.2 Å². The zero-order valence-corrected chi connectivity index (χ0v) is 15.2. The summed E-state index contributed by atoms with van der Waals surface area (Å²) in [6.45, 7) is 2.05. The number of anilines is 1. The van der Waals surface area contributed by atoms with Crippen LogP contribution >= 0.6 is 0 Å². The van der Waals surface area contributed by atoms with Gasteiger partial charge in [-0.15, -0.1) is 0 Å². The Labute approximate surface area is 148 Å². The number of amides is 1. The first-order valence-electron chi connectivity index (χ1n) is 8.33. The maximum Gasteiger partial charge on any atom is 0.261 e. The van der Waals surface area contributed by atoms with E-state index in [0.29, 0.717) is 17.2 Å². The lowest BCUT2D eigenvalue weighted by atomic mass is 10.1. The molecule has 1 N–H and O–H groups in total. The SMILES string of the molecule is CC(C1CC1)N(C)C(=O)c1ccc(S(=O)(=O)Nc2ccccc2)cc1. The highest BCUT2D eigenvalue weighted by Crippen LogP contribution is 2.35. The molecule has 1 atom stereocenters. The Morgan fingerprint density at radius 3 is 2.24 bits per heavy atom. The van der Waals surface area contributed by atoms with E-state index in [2.05, 4.69) is 11.6 Å². The molecule has 0 aliphatic heterocycles. The Kier molecular flexibility index (Phi) is 4.81. The van der Waals surface area contributed by atoms with Gasteiger partial charge in [-0.3, -0.25) is 9.52 Å². The highest BCUT2D eigenvalue weighted by molar-refractivity contribution is 7.92. The summed E-state index contributed by atoms with van der Waals surface area (Å²) in [6, 6.07) is 15.0. The second-order valence-corrected chi connectivity index (χ2v) is 8.17. The largest absolute Gasteiger partial charge is 0.339 e. The fraction of sp³-hybridized carbons (Fsp3) is 0.316. The summed E-state index contributed by atoms with van der Waals surface area (Å²) in [5, 5.41) is 0. The van der Waals surface area contributed by atoms with Crippen LogP contribution in [0.2, 0.25) is 0 Å². The summed E-state index contributed by atoms with van der Waals surface area (Å²) >= 11 is 0. The first kappa shape index (κ1) is 17.5. The van der Waals surface area contributed by atoms with Gasteiger partial charge < -0.3 is 4.90 Å². The fourth-order valence-electron chi connectivity index (χ4n) is 2.78. The highest BCUT2D eigenvalue weighted by atomic mass is 32.2. The van der Waals surface area contributed by atoms with Crippen LogP contribution in [0.4, 0.5) is 5.69 Å². The first-order valence-corrected chi connectivity index (χ1v) is 9.82. The third-order valence-electron chi connectivity index (χ3n) is 4.67. The molecule has 1 aliphatic rings. The molecule has 0 spiro atoms. The number of hydrogen-bond donors (Lipinski definition) is 1. The molecule has 1 amide bonds. The van der Waals surface area contributed by atoms with Crippen LogP contribution < -0.4 is 4.72 Å². The second-order valence-electron chi connectivity index (χ2n) is 6.49. The minimum atomic E-state index is -3.67. The molecule has 0 saturated heterocycles. The molecule has 0 heterocycles. The van der Waals surface area contributed by atoms with Gasteiger partial charge in [-0.2, -0.15) is 0 Å². The van der Waals surface area contributed by atoms with Crippen molar-refractivity contribution in [1.29, 1.82) is 0 Å². The molecule has 0 bridgehead atoms. The van der Waals surface area contributed by atoms with E-state index in [1.165, 1.54) is 25.0 Å². The van der Waals surface area contributed by atoms with Crippen molar-refractivity contribution in [2.45, 2.75) is 30.7 Å². The first-order chi connectivity index (χ1) is 11.9. The van der Waals surface area contributed by atoms with Gasteiger partial charge in [-0.1, -0.05) is 18.2 Å². The molecule has 2 aromatic carbocycles. The molecule has 1 aliphatic carbocycles.